The lowest BCUT2D eigenvalue weighted by atomic mass is 9.97. The van der Waals surface area contributed by atoms with E-state index in [4.69, 9.17) is 5.11 Å². The molecule has 10 heavy (non-hydrogen) atoms. The summed E-state index contributed by atoms with van der Waals surface area (Å²) in [7, 11) is 1.82. The third kappa shape index (κ3) is 4.97. The lowest BCUT2D eigenvalue weighted by Gasteiger charge is -1.88. The van der Waals surface area contributed by atoms with Gasteiger partial charge < -0.3 is 5.11 Å². The van der Waals surface area contributed by atoms with Crippen molar-refractivity contribution in [3.05, 3.63) is 48.7 Å². The Labute approximate surface area is 62.5 Å². The summed E-state index contributed by atoms with van der Waals surface area (Å²) in [5.74, 6) is 0.201. The number of aliphatic hydroxyl groups excluding tert-OH is 1. The fourth-order valence-electron chi connectivity index (χ4n) is 0.467. The molecule has 0 aliphatic heterocycles. The molecule has 0 fully saturated rings. The molecule has 0 radical (unpaired) electrons. The van der Waals surface area contributed by atoms with Gasteiger partial charge in [-0.05, 0) is 12.2 Å². The molecular formula is C8H11BO. The highest BCUT2D eigenvalue weighted by molar-refractivity contribution is 6.23. The maximum atomic E-state index is 9.02. The molecule has 0 aliphatic rings. The first-order valence-corrected chi connectivity index (χ1v) is 3.02. The first-order chi connectivity index (χ1) is 4.66. The highest BCUT2D eigenvalue weighted by atomic mass is 16.3. The van der Waals surface area contributed by atoms with E-state index in [0.29, 0.717) is 0 Å². The van der Waals surface area contributed by atoms with Crippen molar-refractivity contribution in [1.29, 1.82) is 0 Å². The molecule has 0 amide bonds. The van der Waals surface area contributed by atoms with Gasteiger partial charge in [0.25, 0.3) is 0 Å². The van der Waals surface area contributed by atoms with Crippen LogP contribution in [0.15, 0.2) is 48.7 Å². The Hall–Kier alpha value is -1.18. The van der Waals surface area contributed by atoms with Crippen LogP contribution in [0.3, 0.4) is 0 Å². The average Bonchev–Trinajstić information content (AvgIpc) is 1.82. The largest absolute Gasteiger partial charge is 0.508 e. The highest BCUT2D eigenvalue weighted by Gasteiger charge is 1.82. The van der Waals surface area contributed by atoms with Crippen LogP contribution in [0, 0.1) is 0 Å². The second kappa shape index (κ2) is 4.68. The molecule has 0 saturated carbocycles. The topological polar surface area (TPSA) is 20.2 Å². The zero-order valence-corrected chi connectivity index (χ0v) is 6.17. The molecule has 52 valence electrons. The van der Waals surface area contributed by atoms with E-state index in [1.54, 1.807) is 24.3 Å². The molecule has 1 N–H and O–H groups in total. The molecule has 0 heterocycles. The fourth-order valence-corrected chi connectivity index (χ4v) is 0.467. The van der Waals surface area contributed by atoms with Crippen LogP contribution in [0.5, 0.6) is 0 Å². The molecule has 0 saturated heterocycles. The smallest absolute Gasteiger partial charge is 0.138 e. The Morgan fingerprint density at radius 3 is 2.50 bits per heavy atom. The van der Waals surface area contributed by atoms with Gasteiger partial charge in [-0.25, -0.2) is 0 Å². The summed E-state index contributed by atoms with van der Waals surface area (Å²) in [6, 6.07) is 0. The van der Waals surface area contributed by atoms with Crippen LogP contribution < -0.4 is 0 Å². The Kier molecular flexibility index (Phi) is 4.13. The predicted molar refractivity (Wildman–Crippen MR) is 47.7 cm³/mol. The molecule has 0 unspecified atom stereocenters. The second-order valence-corrected chi connectivity index (χ2v) is 2.01. The van der Waals surface area contributed by atoms with Gasteiger partial charge in [-0.1, -0.05) is 24.2 Å². The Bertz CT molecular complexity index is 189. The van der Waals surface area contributed by atoms with Crippen LogP contribution in [0.1, 0.15) is 0 Å². The van der Waals surface area contributed by atoms with Gasteiger partial charge in [0, 0.05) is 0 Å². The van der Waals surface area contributed by atoms with Crippen LogP contribution in [-0.2, 0) is 0 Å². The molecule has 0 aliphatic carbocycles. The second-order valence-electron chi connectivity index (χ2n) is 2.01. The van der Waals surface area contributed by atoms with E-state index in [9.17, 15) is 0 Å². The minimum atomic E-state index is 0.201. The fraction of sp³-hybridized carbons (Fsp3) is 0. The van der Waals surface area contributed by atoms with Gasteiger partial charge in [-0.15, -0.1) is 6.58 Å². The van der Waals surface area contributed by atoms with Gasteiger partial charge in [0.1, 0.15) is 13.6 Å². The molecule has 0 spiro atoms. The number of hydrogen-bond donors (Lipinski definition) is 1. The van der Waals surface area contributed by atoms with Crippen molar-refractivity contribution in [3.63, 3.8) is 0 Å². The number of hydrogen-bond acceptors (Lipinski definition) is 1. The standard InChI is InChI=1S/C8H11BO/c1-3-4-5-8(10)6-7(2)9/h3-6,10H,1-2,9H2/b5-4-,8-6+. The quantitative estimate of drug-likeness (QED) is 0.350. The summed E-state index contributed by atoms with van der Waals surface area (Å²) in [6.45, 7) is 7.07. The van der Waals surface area contributed by atoms with Gasteiger partial charge in [0.05, 0.1) is 0 Å². The molecule has 0 rings (SSSR count). The van der Waals surface area contributed by atoms with E-state index >= 15 is 0 Å². The summed E-state index contributed by atoms with van der Waals surface area (Å²) >= 11 is 0. The molecule has 0 bridgehead atoms. The van der Waals surface area contributed by atoms with E-state index in [-0.39, 0.29) is 5.76 Å². The van der Waals surface area contributed by atoms with Crippen molar-refractivity contribution >= 4 is 7.85 Å². The van der Waals surface area contributed by atoms with Crippen molar-refractivity contribution in [2.45, 2.75) is 0 Å². The minimum Gasteiger partial charge on any atom is -0.508 e. The summed E-state index contributed by atoms with van der Waals surface area (Å²) < 4.78 is 0. The summed E-state index contributed by atoms with van der Waals surface area (Å²) in [5.41, 5.74) is 0.825. The van der Waals surface area contributed by atoms with Crippen LogP contribution >= 0.6 is 0 Å². The third-order valence-corrected chi connectivity index (χ3v) is 0.797. The van der Waals surface area contributed by atoms with E-state index in [0.717, 1.165) is 5.47 Å². The van der Waals surface area contributed by atoms with Crippen molar-refractivity contribution in [3.8, 4) is 0 Å². The number of aliphatic hydroxyl groups is 1. The molecule has 0 aromatic carbocycles. The maximum Gasteiger partial charge on any atom is 0.138 e. The molecule has 0 aromatic rings. The van der Waals surface area contributed by atoms with Gasteiger partial charge in [0.15, 0.2) is 0 Å². The number of allylic oxidation sites excluding steroid dienone is 5. The van der Waals surface area contributed by atoms with E-state index in [2.05, 4.69) is 13.2 Å². The molecule has 0 aromatic heterocycles. The molecular weight excluding hydrogens is 123 g/mol. The Morgan fingerprint density at radius 1 is 1.50 bits per heavy atom. The van der Waals surface area contributed by atoms with Gasteiger partial charge in [-0.2, -0.15) is 0 Å². The predicted octanol–water partition coefficient (Wildman–Crippen LogP) is 1.32. The van der Waals surface area contributed by atoms with Crippen LogP contribution in [-0.4, -0.2) is 13.0 Å². The lowest BCUT2D eigenvalue weighted by Crippen LogP contribution is -1.76. The minimum absolute atomic E-state index is 0.201. The average molecular weight is 134 g/mol. The van der Waals surface area contributed by atoms with E-state index in [1.165, 1.54) is 0 Å². The highest BCUT2D eigenvalue weighted by Crippen LogP contribution is 1.94. The van der Waals surface area contributed by atoms with Crippen molar-refractivity contribution in [1.82, 2.24) is 0 Å². The lowest BCUT2D eigenvalue weighted by molar-refractivity contribution is 0.432. The third-order valence-electron chi connectivity index (χ3n) is 0.797. The van der Waals surface area contributed by atoms with Gasteiger partial charge >= 0.3 is 0 Å². The molecule has 2 heteroatoms. The van der Waals surface area contributed by atoms with Crippen molar-refractivity contribution in [2.24, 2.45) is 0 Å². The summed E-state index contributed by atoms with van der Waals surface area (Å²) in [6.07, 6.45) is 6.40. The molecule has 0 atom stereocenters. The first-order valence-electron chi connectivity index (χ1n) is 3.02. The Morgan fingerprint density at radius 2 is 2.10 bits per heavy atom. The zero-order chi connectivity index (χ0) is 7.98. The van der Waals surface area contributed by atoms with Gasteiger partial charge in [-0.3, -0.25) is 0 Å². The van der Waals surface area contributed by atoms with Crippen LogP contribution in [0.4, 0.5) is 0 Å². The monoisotopic (exact) mass is 134 g/mol. The van der Waals surface area contributed by atoms with E-state index in [1.807, 2.05) is 7.85 Å². The molecule has 1 nitrogen and oxygen atoms in total. The van der Waals surface area contributed by atoms with Gasteiger partial charge in [0.2, 0.25) is 0 Å². The van der Waals surface area contributed by atoms with Crippen LogP contribution in [0.2, 0.25) is 0 Å². The van der Waals surface area contributed by atoms with Crippen molar-refractivity contribution in [2.75, 3.05) is 0 Å². The van der Waals surface area contributed by atoms with Crippen molar-refractivity contribution < 1.29 is 5.11 Å². The summed E-state index contributed by atoms with van der Waals surface area (Å²) in [5, 5.41) is 9.02. The SMILES string of the molecule is BC(=C)/C=C(O)\C=C/C=C. The Balaban J connectivity index is 4.06. The van der Waals surface area contributed by atoms with Crippen LogP contribution in [0.25, 0.3) is 0 Å². The zero-order valence-electron chi connectivity index (χ0n) is 6.17. The summed E-state index contributed by atoms with van der Waals surface area (Å²) in [4.78, 5) is 0. The number of rotatable bonds is 3. The first kappa shape index (κ1) is 8.82. The van der Waals surface area contributed by atoms with E-state index < -0.39 is 0 Å². The normalized spacial score (nSPS) is 11.8. The maximum absolute atomic E-state index is 9.02.